The summed E-state index contributed by atoms with van der Waals surface area (Å²) in [4.78, 5) is 0. The summed E-state index contributed by atoms with van der Waals surface area (Å²) in [6, 6.07) is 7.84. The van der Waals surface area contributed by atoms with Gasteiger partial charge in [-0.1, -0.05) is 43.9 Å². The molecule has 1 aromatic rings. The number of ether oxygens (including phenoxy) is 2. The smallest absolute Gasteiger partial charge is 0.125 e. The van der Waals surface area contributed by atoms with Gasteiger partial charge < -0.3 is 14.6 Å². The van der Waals surface area contributed by atoms with E-state index in [4.69, 9.17) is 9.47 Å². The minimum Gasteiger partial charge on any atom is -0.491 e. The Morgan fingerprint density at radius 3 is 2.50 bits per heavy atom. The van der Waals surface area contributed by atoms with Crippen molar-refractivity contribution in [3.8, 4) is 5.75 Å². The summed E-state index contributed by atoms with van der Waals surface area (Å²) >= 11 is 0. The molecule has 0 spiro atoms. The van der Waals surface area contributed by atoms with E-state index in [-0.39, 0.29) is 0 Å². The Kier molecular flexibility index (Phi) is 6.34. The van der Waals surface area contributed by atoms with E-state index in [0.29, 0.717) is 19.1 Å². The highest BCUT2D eigenvalue weighted by Crippen LogP contribution is 2.37. The number of aliphatic hydroxyl groups is 1. The van der Waals surface area contributed by atoms with Crippen molar-refractivity contribution in [1.29, 1.82) is 0 Å². The van der Waals surface area contributed by atoms with Gasteiger partial charge in [-0.05, 0) is 24.8 Å². The van der Waals surface area contributed by atoms with Gasteiger partial charge in [0.15, 0.2) is 0 Å². The first-order valence-corrected chi connectivity index (χ1v) is 7.71. The third kappa shape index (κ3) is 4.22. The Bertz CT molecular complexity index is 384. The van der Waals surface area contributed by atoms with Crippen molar-refractivity contribution in [2.75, 3.05) is 20.3 Å². The molecule has 0 bridgehead atoms. The predicted octanol–water partition coefficient (Wildman–Crippen LogP) is 3.72. The maximum absolute atomic E-state index is 10.7. The van der Waals surface area contributed by atoms with Crippen LogP contribution in [-0.4, -0.2) is 25.4 Å². The summed E-state index contributed by atoms with van der Waals surface area (Å²) in [5.41, 5.74) is 0.926. The molecule has 1 aromatic carbocycles. The Balaban J connectivity index is 2.05. The zero-order chi connectivity index (χ0) is 14.2. The highest BCUT2D eigenvalue weighted by Gasteiger charge is 2.24. The molecule has 2 rings (SSSR count). The number of hydrogen-bond donors (Lipinski definition) is 1. The number of para-hydroxylation sites is 1. The fourth-order valence-electron chi connectivity index (χ4n) is 2.97. The zero-order valence-electron chi connectivity index (χ0n) is 12.4. The van der Waals surface area contributed by atoms with Crippen molar-refractivity contribution in [3.63, 3.8) is 0 Å². The lowest BCUT2D eigenvalue weighted by Crippen LogP contribution is -2.14. The second-order valence-electron chi connectivity index (χ2n) is 5.58. The summed E-state index contributed by atoms with van der Waals surface area (Å²) in [6.45, 7) is 1.08. The number of hydrogen-bond acceptors (Lipinski definition) is 3. The first-order chi connectivity index (χ1) is 9.83. The molecule has 1 unspecified atom stereocenters. The van der Waals surface area contributed by atoms with E-state index >= 15 is 0 Å². The molecule has 0 saturated heterocycles. The Labute approximate surface area is 121 Å². The molecule has 112 valence electrons. The van der Waals surface area contributed by atoms with Crippen molar-refractivity contribution in [1.82, 2.24) is 0 Å². The molecule has 1 saturated carbocycles. The minimum absolute atomic E-state index is 0.365. The van der Waals surface area contributed by atoms with Crippen molar-refractivity contribution in [3.05, 3.63) is 29.8 Å². The van der Waals surface area contributed by atoms with Crippen molar-refractivity contribution < 1.29 is 14.6 Å². The van der Waals surface area contributed by atoms with Crippen LogP contribution in [0.2, 0.25) is 0 Å². The lowest BCUT2D eigenvalue weighted by Gasteiger charge is -2.23. The number of benzene rings is 1. The van der Waals surface area contributed by atoms with E-state index in [1.165, 1.54) is 25.7 Å². The fraction of sp³-hybridized carbons (Fsp3) is 0.647. The van der Waals surface area contributed by atoms with Crippen LogP contribution in [0.3, 0.4) is 0 Å². The van der Waals surface area contributed by atoms with Gasteiger partial charge in [-0.25, -0.2) is 0 Å². The third-order valence-electron chi connectivity index (χ3n) is 4.13. The molecule has 3 heteroatoms. The molecule has 1 fully saturated rings. The molecule has 0 heterocycles. The summed E-state index contributed by atoms with van der Waals surface area (Å²) < 4.78 is 10.7. The standard InChI is InChI=1S/C17H26O3/c1-19-12-13-20-16-11-7-6-10-15(16)17(18)14-8-4-2-3-5-9-14/h6-7,10-11,14,17-18H,2-5,8-9,12-13H2,1H3. The maximum Gasteiger partial charge on any atom is 0.125 e. The van der Waals surface area contributed by atoms with Crippen LogP contribution < -0.4 is 4.74 Å². The van der Waals surface area contributed by atoms with Gasteiger partial charge >= 0.3 is 0 Å². The van der Waals surface area contributed by atoms with Crippen LogP contribution in [0.5, 0.6) is 5.75 Å². The quantitative estimate of drug-likeness (QED) is 0.637. The number of aliphatic hydroxyl groups excluding tert-OH is 1. The molecule has 1 atom stereocenters. The molecule has 1 aliphatic rings. The van der Waals surface area contributed by atoms with E-state index in [9.17, 15) is 5.11 Å². The number of rotatable bonds is 6. The molecule has 0 aliphatic heterocycles. The van der Waals surface area contributed by atoms with Gasteiger partial charge in [0.25, 0.3) is 0 Å². The summed E-state index contributed by atoms with van der Waals surface area (Å²) in [7, 11) is 1.66. The normalized spacial score (nSPS) is 18.5. The molecule has 20 heavy (non-hydrogen) atoms. The van der Waals surface area contributed by atoms with Crippen molar-refractivity contribution in [2.45, 2.75) is 44.6 Å². The second-order valence-corrected chi connectivity index (χ2v) is 5.58. The summed E-state index contributed by atoms with van der Waals surface area (Å²) in [6.07, 6.45) is 6.89. The van der Waals surface area contributed by atoms with Crippen LogP contribution in [0.4, 0.5) is 0 Å². The summed E-state index contributed by atoms with van der Waals surface area (Å²) in [5.74, 6) is 1.16. The number of methoxy groups -OCH3 is 1. The Hall–Kier alpha value is -1.06. The first-order valence-electron chi connectivity index (χ1n) is 7.71. The average Bonchev–Trinajstić information content (AvgIpc) is 2.76. The molecular weight excluding hydrogens is 252 g/mol. The van der Waals surface area contributed by atoms with Crippen LogP contribution in [0.25, 0.3) is 0 Å². The topological polar surface area (TPSA) is 38.7 Å². The molecule has 0 aromatic heterocycles. The Morgan fingerprint density at radius 2 is 1.80 bits per heavy atom. The van der Waals surface area contributed by atoms with Gasteiger partial charge in [-0.2, -0.15) is 0 Å². The van der Waals surface area contributed by atoms with Crippen LogP contribution in [-0.2, 0) is 4.74 Å². The highest BCUT2D eigenvalue weighted by atomic mass is 16.5. The monoisotopic (exact) mass is 278 g/mol. The lowest BCUT2D eigenvalue weighted by molar-refractivity contribution is 0.0924. The largest absolute Gasteiger partial charge is 0.491 e. The van der Waals surface area contributed by atoms with Gasteiger partial charge in [0.05, 0.1) is 12.7 Å². The van der Waals surface area contributed by atoms with E-state index in [1.54, 1.807) is 7.11 Å². The molecule has 1 aliphatic carbocycles. The summed E-state index contributed by atoms with van der Waals surface area (Å²) in [5, 5.41) is 10.7. The fourth-order valence-corrected chi connectivity index (χ4v) is 2.97. The average molecular weight is 278 g/mol. The van der Waals surface area contributed by atoms with Gasteiger partial charge in [0.2, 0.25) is 0 Å². The zero-order valence-corrected chi connectivity index (χ0v) is 12.4. The Morgan fingerprint density at radius 1 is 1.10 bits per heavy atom. The van der Waals surface area contributed by atoms with Crippen molar-refractivity contribution >= 4 is 0 Å². The van der Waals surface area contributed by atoms with Crippen LogP contribution in [0.15, 0.2) is 24.3 Å². The van der Waals surface area contributed by atoms with Crippen molar-refractivity contribution in [2.24, 2.45) is 5.92 Å². The van der Waals surface area contributed by atoms with Crippen LogP contribution in [0.1, 0.15) is 50.2 Å². The molecule has 3 nitrogen and oxygen atoms in total. The molecule has 1 N–H and O–H groups in total. The second kappa shape index (κ2) is 8.28. The first kappa shape index (κ1) is 15.3. The highest BCUT2D eigenvalue weighted by molar-refractivity contribution is 5.35. The third-order valence-corrected chi connectivity index (χ3v) is 4.13. The molecule has 0 radical (unpaired) electrons. The van der Waals surface area contributed by atoms with Gasteiger partial charge in [-0.15, -0.1) is 0 Å². The molecular formula is C17H26O3. The van der Waals surface area contributed by atoms with Crippen LogP contribution in [0, 0.1) is 5.92 Å². The van der Waals surface area contributed by atoms with Crippen LogP contribution >= 0.6 is 0 Å². The SMILES string of the molecule is COCCOc1ccccc1C(O)C1CCCCCC1. The van der Waals surface area contributed by atoms with E-state index in [2.05, 4.69) is 0 Å². The maximum atomic E-state index is 10.7. The minimum atomic E-state index is -0.410. The van der Waals surface area contributed by atoms with Gasteiger partial charge in [0, 0.05) is 12.7 Å². The van der Waals surface area contributed by atoms with Gasteiger partial charge in [0.1, 0.15) is 12.4 Å². The van der Waals surface area contributed by atoms with E-state index in [0.717, 1.165) is 24.2 Å². The van der Waals surface area contributed by atoms with Gasteiger partial charge in [-0.3, -0.25) is 0 Å². The van der Waals surface area contributed by atoms with E-state index < -0.39 is 6.10 Å². The molecule has 0 amide bonds. The lowest BCUT2D eigenvalue weighted by atomic mass is 9.89. The van der Waals surface area contributed by atoms with E-state index in [1.807, 2.05) is 24.3 Å². The predicted molar refractivity (Wildman–Crippen MR) is 80.0 cm³/mol.